The summed E-state index contributed by atoms with van der Waals surface area (Å²) in [7, 11) is 2.25. The summed E-state index contributed by atoms with van der Waals surface area (Å²) in [6.07, 6.45) is 0. The Morgan fingerprint density at radius 1 is 0.781 bits per heavy atom. The van der Waals surface area contributed by atoms with Crippen LogP contribution >= 0.6 is 21.6 Å². The lowest BCUT2D eigenvalue weighted by atomic mass is 10.1. The van der Waals surface area contributed by atoms with Gasteiger partial charge < -0.3 is 20.8 Å². The summed E-state index contributed by atoms with van der Waals surface area (Å²) < 4.78 is 0. The van der Waals surface area contributed by atoms with Gasteiger partial charge in [-0.2, -0.15) is 0 Å². The van der Waals surface area contributed by atoms with Gasteiger partial charge in [-0.25, -0.2) is 0 Å². The van der Waals surface area contributed by atoms with Crippen molar-refractivity contribution in [3.63, 3.8) is 0 Å². The lowest BCUT2D eigenvalue weighted by molar-refractivity contribution is -0.385. The van der Waals surface area contributed by atoms with Gasteiger partial charge >= 0.3 is 0 Å². The Morgan fingerprint density at radius 3 is 1.47 bits per heavy atom. The van der Waals surface area contributed by atoms with Crippen molar-refractivity contribution in [3.05, 3.63) is 67.8 Å². The lowest BCUT2D eigenvalue weighted by Gasteiger charge is -2.08. The predicted octanol–water partition coefficient (Wildman–Crippen LogP) is 1.75. The molecule has 2 amide bonds. The number of benzene rings is 2. The van der Waals surface area contributed by atoms with E-state index in [0.717, 1.165) is 21.6 Å². The molecule has 0 fully saturated rings. The molecule has 2 aromatic carbocycles. The van der Waals surface area contributed by atoms with Crippen LogP contribution in [0.1, 0.15) is 20.7 Å². The minimum Gasteiger partial charge on any atom is -0.395 e. The van der Waals surface area contributed by atoms with Crippen molar-refractivity contribution in [2.24, 2.45) is 0 Å². The topological polar surface area (TPSA) is 185 Å². The second-order valence-electron chi connectivity index (χ2n) is 6.00. The molecule has 0 aromatic heterocycles. The van der Waals surface area contributed by atoms with E-state index in [9.17, 15) is 29.8 Å². The van der Waals surface area contributed by atoms with Crippen molar-refractivity contribution in [2.75, 3.05) is 26.3 Å². The summed E-state index contributed by atoms with van der Waals surface area (Å²) in [4.78, 5) is 46.4. The minimum atomic E-state index is -0.712. The first-order valence-corrected chi connectivity index (χ1v) is 11.1. The highest BCUT2D eigenvalue weighted by Crippen LogP contribution is 2.40. The molecule has 0 heterocycles. The Hall–Kier alpha value is -3.20. The number of aliphatic hydroxyl groups is 2. The van der Waals surface area contributed by atoms with E-state index in [1.807, 2.05) is 0 Å². The van der Waals surface area contributed by atoms with E-state index in [2.05, 4.69) is 10.6 Å². The zero-order chi connectivity index (χ0) is 23.7. The van der Waals surface area contributed by atoms with Crippen molar-refractivity contribution in [2.45, 2.75) is 9.79 Å². The summed E-state index contributed by atoms with van der Waals surface area (Å²) in [5.41, 5.74) is -1.15. The van der Waals surface area contributed by atoms with Gasteiger partial charge in [-0.1, -0.05) is 21.6 Å². The molecule has 0 spiro atoms. The zero-order valence-electron chi connectivity index (χ0n) is 16.3. The lowest BCUT2D eigenvalue weighted by Crippen LogP contribution is -2.27. The molecule has 0 bridgehead atoms. The molecule has 0 saturated carbocycles. The highest BCUT2D eigenvalue weighted by molar-refractivity contribution is 8.76. The number of nitro benzene ring substituents is 2. The van der Waals surface area contributed by atoms with Crippen LogP contribution < -0.4 is 10.6 Å². The number of carbonyl (C=O) groups excluding carboxylic acids is 2. The summed E-state index contributed by atoms with van der Waals surface area (Å²) in [6, 6.07) is 7.89. The van der Waals surface area contributed by atoms with Gasteiger partial charge in [-0.3, -0.25) is 29.8 Å². The summed E-state index contributed by atoms with van der Waals surface area (Å²) in [6.45, 7) is -0.769. The average Bonchev–Trinajstić information content (AvgIpc) is 2.78. The molecule has 0 radical (unpaired) electrons. The number of nitro groups is 2. The maximum atomic E-state index is 12.2. The highest BCUT2D eigenvalue weighted by Gasteiger charge is 2.22. The van der Waals surface area contributed by atoms with Crippen LogP contribution in [0.15, 0.2) is 46.2 Å². The van der Waals surface area contributed by atoms with Crippen LogP contribution in [-0.4, -0.2) is 58.2 Å². The first kappa shape index (κ1) is 25.1. The smallest absolute Gasteiger partial charge is 0.282 e. The number of carbonyl (C=O) groups is 2. The Balaban J connectivity index is 2.25. The van der Waals surface area contributed by atoms with Gasteiger partial charge in [0.2, 0.25) is 0 Å². The second-order valence-corrected chi connectivity index (χ2v) is 8.27. The number of rotatable bonds is 11. The fourth-order valence-electron chi connectivity index (χ4n) is 2.44. The fourth-order valence-corrected chi connectivity index (χ4v) is 4.41. The number of hydrogen-bond donors (Lipinski definition) is 4. The number of amides is 2. The van der Waals surface area contributed by atoms with Crippen LogP contribution in [0.5, 0.6) is 0 Å². The van der Waals surface area contributed by atoms with Gasteiger partial charge in [0.1, 0.15) is 11.1 Å². The van der Waals surface area contributed by atoms with Crippen molar-refractivity contribution < 1.29 is 29.6 Å². The van der Waals surface area contributed by atoms with Crippen LogP contribution in [0.25, 0.3) is 0 Å². The first-order valence-electron chi connectivity index (χ1n) is 8.98. The average molecular weight is 482 g/mol. The van der Waals surface area contributed by atoms with Crippen LogP contribution in [-0.2, 0) is 0 Å². The predicted molar refractivity (Wildman–Crippen MR) is 117 cm³/mol. The van der Waals surface area contributed by atoms with E-state index >= 15 is 0 Å². The Labute approximate surface area is 189 Å². The Kier molecular flexibility index (Phi) is 9.39. The minimum absolute atomic E-state index is 0.0635. The molecule has 0 aliphatic rings. The number of nitrogens with one attached hydrogen (secondary N) is 2. The molecule has 0 saturated heterocycles. The van der Waals surface area contributed by atoms with E-state index in [1.165, 1.54) is 36.4 Å². The second kappa shape index (κ2) is 12.0. The van der Waals surface area contributed by atoms with Gasteiger partial charge in [-0.15, -0.1) is 0 Å². The van der Waals surface area contributed by atoms with Gasteiger partial charge in [0.25, 0.3) is 23.2 Å². The van der Waals surface area contributed by atoms with Crippen LogP contribution in [0.2, 0.25) is 0 Å². The molecular weight excluding hydrogens is 464 g/mol. The molecule has 0 aliphatic carbocycles. The molecule has 32 heavy (non-hydrogen) atoms. The van der Waals surface area contributed by atoms with E-state index in [1.54, 1.807) is 0 Å². The molecular formula is C18H18N4O8S2. The van der Waals surface area contributed by atoms with E-state index < -0.39 is 33.0 Å². The summed E-state index contributed by atoms with van der Waals surface area (Å²) in [5.74, 6) is -1.42. The molecule has 4 N–H and O–H groups in total. The SMILES string of the molecule is O=C(NCCO)c1cc(SSc2ccc([N+](=O)[O-])c(C(=O)NCCO)c2)ccc1[N+](=O)[O-]. The molecule has 2 aromatic rings. The summed E-state index contributed by atoms with van der Waals surface area (Å²) in [5, 5.41) is 44.8. The molecule has 0 atom stereocenters. The van der Waals surface area contributed by atoms with E-state index in [-0.39, 0.29) is 37.4 Å². The van der Waals surface area contributed by atoms with Crippen molar-refractivity contribution in [1.29, 1.82) is 0 Å². The third kappa shape index (κ3) is 6.65. The Morgan fingerprint density at radius 2 is 1.16 bits per heavy atom. The van der Waals surface area contributed by atoms with Gasteiger partial charge in [0.15, 0.2) is 0 Å². The van der Waals surface area contributed by atoms with Crippen molar-refractivity contribution >= 4 is 44.8 Å². The van der Waals surface area contributed by atoms with E-state index in [0.29, 0.717) is 9.79 Å². The van der Waals surface area contributed by atoms with E-state index in [4.69, 9.17) is 10.2 Å². The molecule has 0 unspecified atom stereocenters. The van der Waals surface area contributed by atoms with Crippen molar-refractivity contribution in [1.82, 2.24) is 10.6 Å². The normalized spacial score (nSPS) is 10.4. The molecule has 14 heteroatoms. The quantitative estimate of drug-likeness (QED) is 0.209. The standard InChI is InChI=1S/C18H18N4O8S2/c23-7-5-19-17(25)13-9-11(1-3-15(13)21(27)28)31-32-12-2-4-16(22(29)30)14(10-12)18(26)20-6-8-24/h1-4,9-10,23-24H,5-8H2,(H,19,25)(H,20,26). The maximum absolute atomic E-state index is 12.2. The maximum Gasteiger partial charge on any atom is 0.282 e. The summed E-state index contributed by atoms with van der Waals surface area (Å²) >= 11 is 0. The third-order valence-corrected chi connectivity index (χ3v) is 6.23. The van der Waals surface area contributed by atoms with Crippen molar-refractivity contribution in [3.8, 4) is 0 Å². The third-order valence-electron chi connectivity index (χ3n) is 3.85. The molecule has 12 nitrogen and oxygen atoms in total. The number of hydrogen-bond acceptors (Lipinski definition) is 10. The first-order chi connectivity index (χ1) is 15.3. The largest absolute Gasteiger partial charge is 0.395 e. The number of aliphatic hydroxyl groups excluding tert-OH is 2. The van der Waals surface area contributed by atoms with Gasteiger partial charge in [0, 0.05) is 35.0 Å². The molecule has 0 aliphatic heterocycles. The monoisotopic (exact) mass is 482 g/mol. The van der Waals surface area contributed by atoms with Crippen LogP contribution in [0.4, 0.5) is 11.4 Å². The fraction of sp³-hybridized carbons (Fsp3) is 0.222. The number of nitrogens with zero attached hydrogens (tertiary/aromatic N) is 2. The highest BCUT2D eigenvalue weighted by atomic mass is 33.1. The van der Waals surface area contributed by atoms with Crippen LogP contribution in [0.3, 0.4) is 0 Å². The molecule has 170 valence electrons. The van der Waals surface area contributed by atoms with Gasteiger partial charge in [0.05, 0.1) is 23.1 Å². The Bertz CT molecular complexity index is 953. The van der Waals surface area contributed by atoms with Gasteiger partial charge in [-0.05, 0) is 24.3 Å². The molecule has 2 rings (SSSR count). The zero-order valence-corrected chi connectivity index (χ0v) is 18.0. The van der Waals surface area contributed by atoms with Crippen LogP contribution in [0, 0.1) is 20.2 Å².